The van der Waals surface area contributed by atoms with Gasteiger partial charge < -0.3 is 14.5 Å². The van der Waals surface area contributed by atoms with E-state index in [1.54, 1.807) is 22.7 Å². The van der Waals surface area contributed by atoms with Crippen LogP contribution in [-0.4, -0.2) is 61.6 Å². The van der Waals surface area contributed by atoms with Gasteiger partial charge in [-0.05, 0) is 5.56 Å². The van der Waals surface area contributed by atoms with Gasteiger partial charge in [-0.2, -0.15) is 13.5 Å². The second kappa shape index (κ2) is 8.61. The summed E-state index contributed by atoms with van der Waals surface area (Å²) < 4.78 is 34.1. The van der Waals surface area contributed by atoms with Gasteiger partial charge in [0.1, 0.15) is 19.0 Å². The summed E-state index contributed by atoms with van der Waals surface area (Å²) in [5, 5.41) is 4.29. The standard InChI is InChI=1S/C18H24N4O5S/c1-20-17(12-16(19-20)14-27-28(2,24)25)21-8-10-22(11-9-21)18(23)26-13-15-6-4-3-5-7-15/h3-7,12H,8-11,13-14H2,1-2H3. The van der Waals surface area contributed by atoms with Gasteiger partial charge in [0.2, 0.25) is 0 Å². The number of amides is 1. The van der Waals surface area contributed by atoms with Crippen LogP contribution in [0.4, 0.5) is 10.6 Å². The van der Waals surface area contributed by atoms with Crippen LogP contribution in [0, 0.1) is 0 Å². The fraction of sp³-hybridized carbons (Fsp3) is 0.444. The van der Waals surface area contributed by atoms with Crippen LogP contribution in [0.5, 0.6) is 0 Å². The van der Waals surface area contributed by atoms with Crippen LogP contribution in [0.15, 0.2) is 36.4 Å². The number of aromatic nitrogens is 2. The molecule has 1 saturated heterocycles. The summed E-state index contributed by atoms with van der Waals surface area (Å²) in [6, 6.07) is 11.4. The molecule has 1 aromatic heterocycles. The van der Waals surface area contributed by atoms with E-state index in [-0.39, 0.29) is 19.3 Å². The van der Waals surface area contributed by atoms with Crippen molar-refractivity contribution in [2.45, 2.75) is 13.2 Å². The van der Waals surface area contributed by atoms with Gasteiger partial charge in [-0.3, -0.25) is 8.86 Å². The maximum atomic E-state index is 12.3. The number of nitrogens with zero attached hydrogens (tertiary/aromatic N) is 4. The van der Waals surface area contributed by atoms with Crippen molar-refractivity contribution in [3.8, 4) is 0 Å². The van der Waals surface area contributed by atoms with Gasteiger partial charge in [0.15, 0.2) is 0 Å². The highest BCUT2D eigenvalue weighted by molar-refractivity contribution is 7.85. The summed E-state index contributed by atoms with van der Waals surface area (Å²) in [4.78, 5) is 16.0. The Balaban J connectivity index is 1.51. The number of ether oxygens (including phenoxy) is 1. The summed E-state index contributed by atoms with van der Waals surface area (Å²) in [6.45, 7) is 2.49. The number of hydrogen-bond donors (Lipinski definition) is 0. The molecule has 0 saturated carbocycles. The molecule has 1 aliphatic heterocycles. The molecule has 0 aliphatic carbocycles. The lowest BCUT2D eigenvalue weighted by Crippen LogP contribution is -2.49. The largest absolute Gasteiger partial charge is 0.445 e. The minimum Gasteiger partial charge on any atom is -0.445 e. The van der Waals surface area contributed by atoms with Crippen molar-refractivity contribution in [1.29, 1.82) is 0 Å². The van der Waals surface area contributed by atoms with Gasteiger partial charge >= 0.3 is 6.09 Å². The van der Waals surface area contributed by atoms with E-state index in [9.17, 15) is 13.2 Å². The molecule has 1 amide bonds. The number of piperazine rings is 1. The molecule has 0 radical (unpaired) electrons. The van der Waals surface area contributed by atoms with E-state index in [0.29, 0.717) is 31.9 Å². The maximum absolute atomic E-state index is 12.3. The number of hydrogen-bond acceptors (Lipinski definition) is 7. The number of rotatable bonds is 6. The van der Waals surface area contributed by atoms with E-state index in [1.807, 2.05) is 30.3 Å². The lowest BCUT2D eigenvalue weighted by atomic mass is 10.2. The third kappa shape index (κ3) is 5.46. The average molecular weight is 408 g/mol. The number of carbonyl (C=O) groups is 1. The van der Waals surface area contributed by atoms with Gasteiger partial charge in [-0.25, -0.2) is 4.79 Å². The maximum Gasteiger partial charge on any atom is 0.410 e. The zero-order valence-electron chi connectivity index (χ0n) is 15.9. The fourth-order valence-electron chi connectivity index (χ4n) is 2.98. The van der Waals surface area contributed by atoms with E-state index < -0.39 is 10.1 Å². The molecular formula is C18H24N4O5S. The molecule has 0 N–H and O–H groups in total. The SMILES string of the molecule is Cn1nc(COS(C)(=O)=O)cc1N1CCN(C(=O)OCc2ccccc2)CC1. The molecule has 1 aromatic carbocycles. The molecule has 1 fully saturated rings. The van der Waals surface area contributed by atoms with E-state index in [0.717, 1.165) is 17.6 Å². The summed E-state index contributed by atoms with van der Waals surface area (Å²) in [5.74, 6) is 0.851. The van der Waals surface area contributed by atoms with Crippen LogP contribution in [0.3, 0.4) is 0 Å². The van der Waals surface area contributed by atoms with E-state index in [2.05, 4.69) is 10.00 Å². The van der Waals surface area contributed by atoms with Gasteiger partial charge in [-0.1, -0.05) is 30.3 Å². The normalized spacial score (nSPS) is 14.9. The number of anilines is 1. The molecule has 0 bridgehead atoms. The van der Waals surface area contributed by atoms with Crippen LogP contribution in [0.1, 0.15) is 11.3 Å². The Labute approximate surface area is 164 Å². The second-order valence-electron chi connectivity index (χ2n) is 6.60. The van der Waals surface area contributed by atoms with Gasteiger partial charge in [0.05, 0.1) is 11.9 Å². The minimum atomic E-state index is -3.51. The first kappa shape index (κ1) is 20.2. The first-order valence-electron chi connectivity index (χ1n) is 8.90. The molecule has 10 heteroatoms. The lowest BCUT2D eigenvalue weighted by molar-refractivity contribution is 0.0941. The lowest BCUT2D eigenvalue weighted by Gasteiger charge is -2.35. The number of carbonyl (C=O) groups excluding carboxylic acids is 1. The van der Waals surface area contributed by atoms with Crippen molar-refractivity contribution in [2.75, 3.05) is 37.3 Å². The number of benzene rings is 1. The monoisotopic (exact) mass is 408 g/mol. The van der Waals surface area contributed by atoms with Crippen LogP contribution in [0.25, 0.3) is 0 Å². The first-order chi connectivity index (χ1) is 13.3. The highest BCUT2D eigenvalue weighted by Gasteiger charge is 2.24. The zero-order chi connectivity index (χ0) is 20.1. The predicted octanol–water partition coefficient (Wildman–Crippen LogP) is 1.36. The van der Waals surface area contributed by atoms with Crippen LogP contribution >= 0.6 is 0 Å². The third-order valence-corrected chi connectivity index (χ3v) is 4.94. The van der Waals surface area contributed by atoms with Crippen LogP contribution in [-0.2, 0) is 39.3 Å². The number of aryl methyl sites for hydroxylation is 1. The molecule has 3 rings (SSSR count). The zero-order valence-corrected chi connectivity index (χ0v) is 16.8. The van der Waals surface area contributed by atoms with Crippen molar-refractivity contribution in [3.05, 3.63) is 47.7 Å². The van der Waals surface area contributed by atoms with Crippen molar-refractivity contribution in [1.82, 2.24) is 14.7 Å². The molecule has 0 atom stereocenters. The fourth-order valence-corrected chi connectivity index (χ4v) is 3.31. The van der Waals surface area contributed by atoms with Crippen molar-refractivity contribution in [3.63, 3.8) is 0 Å². The minimum absolute atomic E-state index is 0.0988. The smallest absolute Gasteiger partial charge is 0.410 e. The Hall–Kier alpha value is -2.59. The molecule has 152 valence electrons. The van der Waals surface area contributed by atoms with Gasteiger partial charge in [0.25, 0.3) is 10.1 Å². The Morgan fingerprint density at radius 2 is 1.79 bits per heavy atom. The molecule has 0 unspecified atom stereocenters. The predicted molar refractivity (Wildman–Crippen MR) is 103 cm³/mol. The quantitative estimate of drug-likeness (QED) is 0.666. The third-order valence-electron chi connectivity index (χ3n) is 4.39. The Morgan fingerprint density at radius 1 is 1.11 bits per heavy atom. The van der Waals surface area contributed by atoms with E-state index in [4.69, 9.17) is 8.92 Å². The van der Waals surface area contributed by atoms with Crippen LogP contribution in [0.2, 0.25) is 0 Å². The molecule has 0 spiro atoms. The van der Waals surface area contributed by atoms with Crippen molar-refractivity contribution in [2.24, 2.45) is 7.05 Å². The molecule has 2 heterocycles. The Morgan fingerprint density at radius 3 is 2.43 bits per heavy atom. The van der Waals surface area contributed by atoms with E-state index in [1.165, 1.54) is 0 Å². The summed E-state index contributed by atoms with van der Waals surface area (Å²) in [5.41, 5.74) is 1.49. The first-order valence-corrected chi connectivity index (χ1v) is 10.7. The van der Waals surface area contributed by atoms with Gasteiger partial charge in [0, 0.05) is 39.3 Å². The highest BCUT2D eigenvalue weighted by Crippen LogP contribution is 2.19. The topological polar surface area (TPSA) is 94.0 Å². The summed E-state index contributed by atoms with van der Waals surface area (Å²) in [6.07, 6.45) is 0.684. The average Bonchev–Trinajstić information content (AvgIpc) is 3.06. The van der Waals surface area contributed by atoms with Crippen molar-refractivity contribution < 1.29 is 22.1 Å². The second-order valence-corrected chi connectivity index (χ2v) is 8.24. The molecular weight excluding hydrogens is 384 g/mol. The van der Waals surface area contributed by atoms with E-state index >= 15 is 0 Å². The molecule has 9 nitrogen and oxygen atoms in total. The Kier molecular flexibility index (Phi) is 6.20. The molecule has 28 heavy (non-hydrogen) atoms. The van der Waals surface area contributed by atoms with Gasteiger partial charge in [-0.15, -0.1) is 0 Å². The molecule has 2 aromatic rings. The molecule has 1 aliphatic rings. The Bertz CT molecular complexity index is 905. The summed E-state index contributed by atoms with van der Waals surface area (Å²) in [7, 11) is -1.72. The summed E-state index contributed by atoms with van der Waals surface area (Å²) >= 11 is 0. The highest BCUT2D eigenvalue weighted by atomic mass is 32.2. The van der Waals surface area contributed by atoms with Crippen LogP contribution < -0.4 is 4.90 Å². The van der Waals surface area contributed by atoms with Crippen molar-refractivity contribution >= 4 is 22.0 Å².